The summed E-state index contributed by atoms with van der Waals surface area (Å²) in [5, 5.41) is 2.51. The van der Waals surface area contributed by atoms with Crippen molar-refractivity contribution in [2.45, 2.75) is 38.8 Å². The summed E-state index contributed by atoms with van der Waals surface area (Å²) in [5.41, 5.74) is 0.816. The van der Waals surface area contributed by atoms with Crippen molar-refractivity contribution in [2.75, 3.05) is 11.3 Å². The van der Waals surface area contributed by atoms with Crippen LogP contribution in [0, 0.1) is 0 Å². The lowest BCUT2D eigenvalue weighted by molar-refractivity contribution is 0.579. The van der Waals surface area contributed by atoms with Crippen LogP contribution >= 0.6 is 0 Å². The molecule has 2 aromatic heterocycles. The maximum atomic E-state index is 11.6. The summed E-state index contributed by atoms with van der Waals surface area (Å²) in [4.78, 5) is 11.2. The third kappa shape index (κ3) is 2.86. The Morgan fingerprint density at radius 3 is 2.67 bits per heavy atom. The third-order valence-electron chi connectivity index (χ3n) is 3.45. The van der Waals surface area contributed by atoms with E-state index in [0.717, 1.165) is 30.1 Å². The van der Waals surface area contributed by atoms with E-state index in [-0.39, 0.29) is 12.1 Å². The van der Waals surface area contributed by atoms with Gasteiger partial charge in [0.2, 0.25) is 10.0 Å². The Kier molecular flexibility index (Phi) is 3.37. The minimum Gasteiger partial charge on any atom is -0.330 e. The van der Waals surface area contributed by atoms with Crippen molar-refractivity contribution in [1.29, 1.82) is 0 Å². The number of hydrogen-bond donors (Lipinski definition) is 1. The van der Waals surface area contributed by atoms with Gasteiger partial charge >= 0.3 is 0 Å². The van der Waals surface area contributed by atoms with E-state index in [9.17, 15) is 8.42 Å². The molecule has 0 amide bonds. The second kappa shape index (κ2) is 4.96. The summed E-state index contributed by atoms with van der Waals surface area (Å²) in [6, 6.07) is 2.38. The fourth-order valence-corrected chi connectivity index (χ4v) is 2.96. The Hall–Kier alpha value is -1.67. The lowest BCUT2D eigenvalue weighted by Crippen LogP contribution is -2.44. The zero-order chi connectivity index (χ0) is 15.2. The van der Waals surface area contributed by atoms with Gasteiger partial charge in [-0.3, -0.25) is 5.01 Å². The number of hydrogen-bond acceptors (Lipinski definition) is 5. The summed E-state index contributed by atoms with van der Waals surface area (Å²) in [5.74, 6) is 0.618. The highest BCUT2D eigenvalue weighted by molar-refractivity contribution is 7.88. The minimum absolute atomic E-state index is 0.167. The molecule has 1 aliphatic rings. The second-order valence-corrected chi connectivity index (χ2v) is 7.44. The maximum Gasteiger partial charge on any atom is 0.225 e. The van der Waals surface area contributed by atoms with E-state index in [4.69, 9.17) is 0 Å². The normalized spacial score (nSPS) is 15.8. The van der Waals surface area contributed by atoms with Gasteiger partial charge < -0.3 is 4.57 Å². The van der Waals surface area contributed by atoms with Gasteiger partial charge in [-0.1, -0.05) is 0 Å². The molecule has 0 saturated heterocycles. The van der Waals surface area contributed by atoms with Crippen LogP contribution < -0.4 is 9.84 Å². The van der Waals surface area contributed by atoms with Crippen LogP contribution in [0.15, 0.2) is 18.6 Å². The van der Waals surface area contributed by atoms with Gasteiger partial charge in [0.05, 0.1) is 11.6 Å². The van der Waals surface area contributed by atoms with Gasteiger partial charge in [0, 0.05) is 18.3 Å². The molecule has 1 saturated carbocycles. The summed E-state index contributed by atoms with van der Waals surface area (Å²) in [7, 11) is -3.35. The van der Waals surface area contributed by atoms with E-state index in [1.807, 2.05) is 16.8 Å². The van der Waals surface area contributed by atoms with Crippen molar-refractivity contribution in [2.24, 2.45) is 0 Å². The molecule has 7 nitrogen and oxygen atoms in total. The number of sulfonamides is 1. The highest BCUT2D eigenvalue weighted by Gasteiger charge is 2.33. The summed E-state index contributed by atoms with van der Waals surface area (Å²) >= 11 is 0. The van der Waals surface area contributed by atoms with E-state index < -0.39 is 10.0 Å². The third-order valence-corrected chi connectivity index (χ3v) is 3.98. The smallest absolute Gasteiger partial charge is 0.225 e. The van der Waals surface area contributed by atoms with Crippen molar-refractivity contribution >= 4 is 26.9 Å². The number of fused-ring (bicyclic) bond motifs is 1. The molecule has 0 aromatic carbocycles. The molecule has 2 aromatic rings. The SMILES string of the molecule is CC(C)n1ccc2c(N(NS(C)(=O)=O)C3CC3)ncnc21. The maximum absolute atomic E-state index is 11.6. The highest BCUT2D eigenvalue weighted by atomic mass is 32.2. The Morgan fingerprint density at radius 2 is 2.10 bits per heavy atom. The van der Waals surface area contributed by atoms with Gasteiger partial charge in [-0.15, -0.1) is 4.83 Å². The summed E-state index contributed by atoms with van der Waals surface area (Å²) in [6.07, 6.45) is 6.51. The quantitative estimate of drug-likeness (QED) is 0.846. The summed E-state index contributed by atoms with van der Waals surface area (Å²) < 4.78 is 25.2. The molecule has 0 aliphatic heterocycles. The fraction of sp³-hybridized carbons (Fsp3) is 0.538. The second-order valence-electron chi connectivity index (χ2n) is 5.72. The lowest BCUT2D eigenvalue weighted by Gasteiger charge is -2.23. The van der Waals surface area contributed by atoms with E-state index >= 15 is 0 Å². The first kappa shape index (κ1) is 14.3. The van der Waals surface area contributed by atoms with Crippen LogP contribution in [0.2, 0.25) is 0 Å². The standard InChI is InChI=1S/C13H19N5O2S/c1-9(2)17-7-6-11-12(17)14-8-15-13(11)18(10-4-5-10)16-21(3,19)20/h6-10,16H,4-5H2,1-3H3. The van der Waals surface area contributed by atoms with Crippen LogP contribution in [0.3, 0.4) is 0 Å². The van der Waals surface area contributed by atoms with E-state index in [1.54, 1.807) is 5.01 Å². The molecule has 0 unspecified atom stereocenters. The first-order valence-corrected chi connectivity index (χ1v) is 8.84. The molecule has 1 N–H and O–H groups in total. The lowest BCUT2D eigenvalue weighted by atomic mass is 10.3. The molecule has 8 heteroatoms. The molecular weight excluding hydrogens is 290 g/mol. The minimum atomic E-state index is -3.35. The zero-order valence-corrected chi connectivity index (χ0v) is 13.1. The van der Waals surface area contributed by atoms with Gasteiger partial charge in [0.15, 0.2) is 5.82 Å². The first-order chi connectivity index (χ1) is 9.87. The number of nitrogens with one attached hydrogen (secondary N) is 1. The predicted molar refractivity (Wildman–Crippen MR) is 81.4 cm³/mol. The fourth-order valence-electron chi connectivity index (χ4n) is 2.37. The highest BCUT2D eigenvalue weighted by Crippen LogP contribution is 2.33. The van der Waals surface area contributed by atoms with E-state index in [2.05, 4.69) is 28.6 Å². The average Bonchev–Trinajstić information content (AvgIpc) is 3.12. The van der Waals surface area contributed by atoms with Crippen LogP contribution in [0.4, 0.5) is 5.82 Å². The number of nitrogens with zero attached hydrogens (tertiary/aromatic N) is 4. The molecule has 0 atom stereocenters. The van der Waals surface area contributed by atoms with Gasteiger partial charge in [-0.2, -0.15) is 0 Å². The Morgan fingerprint density at radius 1 is 1.38 bits per heavy atom. The molecule has 0 bridgehead atoms. The van der Waals surface area contributed by atoms with Crippen LogP contribution in [-0.4, -0.2) is 35.3 Å². The largest absolute Gasteiger partial charge is 0.330 e. The number of anilines is 1. The number of rotatable bonds is 5. The van der Waals surface area contributed by atoms with Crippen LogP contribution in [0.1, 0.15) is 32.7 Å². The Labute approximate surface area is 124 Å². The molecular formula is C13H19N5O2S. The van der Waals surface area contributed by atoms with E-state index in [1.165, 1.54) is 6.33 Å². The molecule has 2 heterocycles. The molecule has 1 fully saturated rings. The van der Waals surface area contributed by atoms with Crippen molar-refractivity contribution in [3.63, 3.8) is 0 Å². The van der Waals surface area contributed by atoms with Gasteiger partial charge in [-0.05, 0) is 32.8 Å². The van der Waals surface area contributed by atoms with Crippen molar-refractivity contribution in [3.05, 3.63) is 18.6 Å². The molecule has 21 heavy (non-hydrogen) atoms. The number of hydrazine groups is 1. The average molecular weight is 309 g/mol. The van der Waals surface area contributed by atoms with Gasteiger partial charge in [0.25, 0.3) is 0 Å². The van der Waals surface area contributed by atoms with Crippen LogP contribution in [0.25, 0.3) is 11.0 Å². The molecule has 1 aliphatic carbocycles. The Bertz CT molecular complexity index is 764. The van der Waals surface area contributed by atoms with Crippen molar-refractivity contribution in [1.82, 2.24) is 19.4 Å². The van der Waals surface area contributed by atoms with Gasteiger partial charge in [-0.25, -0.2) is 18.4 Å². The van der Waals surface area contributed by atoms with E-state index in [0.29, 0.717) is 5.82 Å². The van der Waals surface area contributed by atoms with Crippen molar-refractivity contribution < 1.29 is 8.42 Å². The topological polar surface area (TPSA) is 80.1 Å². The van der Waals surface area contributed by atoms with Gasteiger partial charge in [0.1, 0.15) is 12.0 Å². The molecule has 3 rings (SSSR count). The first-order valence-electron chi connectivity index (χ1n) is 6.95. The van der Waals surface area contributed by atoms with Crippen LogP contribution in [0.5, 0.6) is 0 Å². The monoisotopic (exact) mass is 309 g/mol. The number of aromatic nitrogens is 3. The summed E-state index contributed by atoms with van der Waals surface area (Å²) in [6.45, 7) is 4.16. The molecule has 0 radical (unpaired) electrons. The Balaban J connectivity index is 2.10. The zero-order valence-electron chi connectivity index (χ0n) is 12.3. The molecule has 114 valence electrons. The molecule has 0 spiro atoms. The van der Waals surface area contributed by atoms with Crippen LogP contribution in [-0.2, 0) is 10.0 Å². The predicted octanol–water partition coefficient (Wildman–Crippen LogP) is 1.45. The van der Waals surface area contributed by atoms with Crippen molar-refractivity contribution in [3.8, 4) is 0 Å².